The molecule has 0 atom stereocenters. The summed E-state index contributed by atoms with van der Waals surface area (Å²) in [6.45, 7) is 2.65. The molecule has 0 fully saturated rings. The summed E-state index contributed by atoms with van der Waals surface area (Å²) in [4.78, 5) is 10.2. The van der Waals surface area contributed by atoms with E-state index in [1.165, 1.54) is 9.13 Å². The highest BCUT2D eigenvalue weighted by Gasteiger charge is 2.09. The molecule has 1 aromatic heterocycles. The van der Waals surface area contributed by atoms with Crippen LogP contribution in [0, 0.1) is 20.6 Å². The van der Waals surface area contributed by atoms with Gasteiger partial charge in [-0.05, 0) is 58.8 Å². The molecule has 0 saturated heterocycles. The zero-order valence-corrected chi connectivity index (χ0v) is 12.6. The van der Waals surface area contributed by atoms with E-state index in [2.05, 4.69) is 34.0 Å². The van der Waals surface area contributed by atoms with Gasteiger partial charge in [0.2, 0.25) is 0 Å². The van der Waals surface area contributed by atoms with Crippen molar-refractivity contribution in [2.75, 3.05) is 5.32 Å². The van der Waals surface area contributed by atoms with Gasteiger partial charge in [0.05, 0.1) is 4.92 Å². The van der Waals surface area contributed by atoms with Crippen LogP contribution in [0.2, 0.25) is 0 Å². The Balaban J connectivity index is 2.04. The van der Waals surface area contributed by atoms with E-state index in [0.717, 1.165) is 22.6 Å². The number of hydrogen-bond donors (Lipinski definition) is 1. The summed E-state index contributed by atoms with van der Waals surface area (Å²) in [6.07, 6.45) is 0. The first kappa shape index (κ1) is 13.3. The minimum Gasteiger partial charge on any atom is -0.381 e. The molecule has 94 valence electrons. The molecule has 0 radical (unpaired) electrons. The van der Waals surface area contributed by atoms with Crippen LogP contribution < -0.4 is 5.32 Å². The lowest BCUT2D eigenvalue weighted by Crippen LogP contribution is -2.00. The summed E-state index contributed by atoms with van der Waals surface area (Å²) in [5.41, 5.74) is 3.17. The van der Waals surface area contributed by atoms with Crippen molar-refractivity contribution in [3.05, 3.63) is 54.5 Å². The molecule has 6 heteroatoms. The third-order valence-electron chi connectivity index (χ3n) is 2.49. The fourth-order valence-corrected chi connectivity index (χ4v) is 2.95. The molecule has 0 bridgehead atoms. The van der Waals surface area contributed by atoms with Crippen LogP contribution in [0.3, 0.4) is 0 Å². The summed E-state index contributed by atoms with van der Waals surface area (Å²) in [5.74, 6) is 0. The molecular formula is C12H11IN2O2S. The van der Waals surface area contributed by atoms with E-state index in [-0.39, 0.29) is 9.92 Å². The van der Waals surface area contributed by atoms with Crippen molar-refractivity contribution in [1.29, 1.82) is 0 Å². The van der Waals surface area contributed by atoms with Gasteiger partial charge < -0.3 is 5.32 Å². The predicted molar refractivity (Wildman–Crippen MR) is 82.2 cm³/mol. The number of benzene rings is 1. The maximum Gasteiger partial charge on any atom is 0.324 e. The van der Waals surface area contributed by atoms with E-state index in [0.29, 0.717) is 6.54 Å². The Bertz CT molecular complexity index is 583. The van der Waals surface area contributed by atoms with E-state index in [1.807, 2.05) is 24.4 Å². The van der Waals surface area contributed by atoms with Gasteiger partial charge in [0.25, 0.3) is 0 Å². The molecule has 2 aromatic rings. The van der Waals surface area contributed by atoms with Crippen molar-refractivity contribution >= 4 is 44.6 Å². The van der Waals surface area contributed by atoms with Crippen molar-refractivity contribution in [2.24, 2.45) is 0 Å². The summed E-state index contributed by atoms with van der Waals surface area (Å²) in [6, 6.07) is 7.77. The van der Waals surface area contributed by atoms with Crippen molar-refractivity contribution in [2.45, 2.75) is 13.5 Å². The second-order valence-electron chi connectivity index (χ2n) is 3.86. The van der Waals surface area contributed by atoms with Crippen LogP contribution in [-0.4, -0.2) is 4.92 Å². The van der Waals surface area contributed by atoms with Gasteiger partial charge in [0, 0.05) is 27.2 Å². The number of aryl methyl sites for hydroxylation is 1. The van der Waals surface area contributed by atoms with Gasteiger partial charge in [0.15, 0.2) is 0 Å². The van der Waals surface area contributed by atoms with Crippen LogP contribution in [0.15, 0.2) is 29.6 Å². The van der Waals surface area contributed by atoms with Crippen LogP contribution in [0.1, 0.15) is 11.1 Å². The minimum atomic E-state index is -0.357. The molecule has 1 aromatic carbocycles. The van der Waals surface area contributed by atoms with E-state index < -0.39 is 0 Å². The largest absolute Gasteiger partial charge is 0.381 e. The number of thiophene rings is 1. The second kappa shape index (κ2) is 5.66. The van der Waals surface area contributed by atoms with Crippen molar-refractivity contribution in [3.63, 3.8) is 0 Å². The SMILES string of the molecule is Cc1cc(I)ccc1NCc1csc([N+](=O)[O-])c1. The number of halogens is 1. The summed E-state index contributed by atoms with van der Waals surface area (Å²) >= 11 is 3.43. The number of nitrogens with one attached hydrogen (secondary N) is 1. The van der Waals surface area contributed by atoms with Crippen molar-refractivity contribution in [1.82, 2.24) is 0 Å². The third kappa shape index (κ3) is 3.20. The average molecular weight is 374 g/mol. The van der Waals surface area contributed by atoms with Gasteiger partial charge >= 0.3 is 5.00 Å². The van der Waals surface area contributed by atoms with Crippen molar-refractivity contribution < 1.29 is 4.92 Å². The lowest BCUT2D eigenvalue weighted by Gasteiger charge is -2.08. The fraction of sp³-hybridized carbons (Fsp3) is 0.167. The fourth-order valence-electron chi connectivity index (χ4n) is 1.57. The Morgan fingerprint density at radius 1 is 1.44 bits per heavy atom. The molecular weight excluding hydrogens is 363 g/mol. The Labute approximate surface area is 122 Å². The normalized spacial score (nSPS) is 10.3. The van der Waals surface area contributed by atoms with Gasteiger partial charge in [-0.25, -0.2) is 0 Å². The molecule has 0 aliphatic rings. The molecule has 2 rings (SSSR count). The molecule has 0 amide bonds. The average Bonchev–Trinajstić information content (AvgIpc) is 2.76. The molecule has 0 unspecified atom stereocenters. The first-order valence-corrected chi connectivity index (χ1v) is 7.24. The smallest absolute Gasteiger partial charge is 0.324 e. The quantitative estimate of drug-likeness (QED) is 0.496. The van der Waals surface area contributed by atoms with Crippen molar-refractivity contribution in [3.8, 4) is 0 Å². The van der Waals surface area contributed by atoms with E-state index in [4.69, 9.17) is 0 Å². The Hall–Kier alpha value is -1.15. The molecule has 4 nitrogen and oxygen atoms in total. The molecule has 1 heterocycles. The lowest BCUT2D eigenvalue weighted by molar-refractivity contribution is -0.380. The Morgan fingerprint density at radius 3 is 2.83 bits per heavy atom. The molecule has 1 N–H and O–H groups in total. The van der Waals surface area contributed by atoms with Crippen LogP contribution in [0.4, 0.5) is 10.7 Å². The maximum atomic E-state index is 10.6. The van der Waals surface area contributed by atoms with Crippen LogP contribution in [0.25, 0.3) is 0 Å². The summed E-state index contributed by atoms with van der Waals surface area (Å²) in [5, 5.41) is 15.9. The summed E-state index contributed by atoms with van der Waals surface area (Å²) < 4.78 is 1.20. The molecule has 0 spiro atoms. The van der Waals surface area contributed by atoms with Crippen LogP contribution >= 0.6 is 33.9 Å². The van der Waals surface area contributed by atoms with Crippen LogP contribution in [-0.2, 0) is 6.54 Å². The number of hydrogen-bond acceptors (Lipinski definition) is 4. The highest BCUT2D eigenvalue weighted by Crippen LogP contribution is 2.24. The van der Waals surface area contributed by atoms with E-state index >= 15 is 0 Å². The third-order valence-corrected chi connectivity index (χ3v) is 4.09. The molecule has 0 aliphatic carbocycles. The van der Waals surface area contributed by atoms with Crippen LogP contribution in [0.5, 0.6) is 0 Å². The number of nitrogens with zero attached hydrogens (tertiary/aromatic N) is 1. The van der Waals surface area contributed by atoms with Gasteiger partial charge in [-0.2, -0.15) is 0 Å². The molecule has 0 saturated carbocycles. The standard InChI is InChI=1S/C12H11IN2O2S/c1-8-4-10(13)2-3-11(8)14-6-9-5-12(15(16)17)18-7-9/h2-5,7,14H,6H2,1H3. The first-order valence-electron chi connectivity index (χ1n) is 5.28. The summed E-state index contributed by atoms with van der Waals surface area (Å²) in [7, 11) is 0. The zero-order chi connectivity index (χ0) is 13.1. The number of rotatable bonds is 4. The minimum absolute atomic E-state index is 0.186. The van der Waals surface area contributed by atoms with Gasteiger partial charge in [-0.1, -0.05) is 11.3 Å². The van der Waals surface area contributed by atoms with Gasteiger partial charge in [-0.15, -0.1) is 0 Å². The first-order chi connectivity index (χ1) is 8.56. The van der Waals surface area contributed by atoms with Gasteiger partial charge in [-0.3, -0.25) is 10.1 Å². The number of anilines is 1. The Kier molecular flexibility index (Phi) is 4.18. The topological polar surface area (TPSA) is 55.2 Å². The molecule has 18 heavy (non-hydrogen) atoms. The van der Waals surface area contributed by atoms with E-state index in [9.17, 15) is 10.1 Å². The van der Waals surface area contributed by atoms with Gasteiger partial charge in [0.1, 0.15) is 0 Å². The lowest BCUT2D eigenvalue weighted by atomic mass is 10.2. The molecule has 0 aliphatic heterocycles. The predicted octanol–water partition coefficient (Wildman–Crippen LogP) is 4.18. The zero-order valence-electron chi connectivity index (χ0n) is 9.64. The van der Waals surface area contributed by atoms with E-state index in [1.54, 1.807) is 6.07 Å². The Morgan fingerprint density at radius 2 is 2.22 bits per heavy atom. The maximum absolute atomic E-state index is 10.6. The number of nitro groups is 1. The monoisotopic (exact) mass is 374 g/mol. The highest BCUT2D eigenvalue weighted by atomic mass is 127. The highest BCUT2D eigenvalue weighted by molar-refractivity contribution is 14.1. The second-order valence-corrected chi connectivity index (χ2v) is 6.00.